The third kappa shape index (κ3) is 5.05. The molecular formula is C7H17O6P. The van der Waals surface area contributed by atoms with Crippen LogP contribution >= 0.6 is 7.60 Å². The lowest BCUT2D eigenvalue weighted by molar-refractivity contribution is -0.00954. The number of aliphatic hydroxyl groups is 3. The Morgan fingerprint density at radius 2 is 1.64 bits per heavy atom. The Hall–Kier alpha value is 0.0300. The standard InChI is InChI=1S/C7H17O6P/c1-14(11,12)13-3-2-7(4-8,5-9)6-10/h8-10H,2-6H2,1H3,(H,11,12). The maximum absolute atomic E-state index is 10.7. The van der Waals surface area contributed by atoms with Crippen LogP contribution in [0.2, 0.25) is 0 Å². The largest absolute Gasteiger partial charge is 0.396 e. The van der Waals surface area contributed by atoms with Gasteiger partial charge in [-0.3, -0.25) is 4.57 Å². The van der Waals surface area contributed by atoms with Crippen LogP contribution in [-0.4, -0.2) is 53.3 Å². The van der Waals surface area contributed by atoms with Crippen molar-refractivity contribution in [2.45, 2.75) is 6.42 Å². The summed E-state index contributed by atoms with van der Waals surface area (Å²) in [5.41, 5.74) is -1.05. The van der Waals surface area contributed by atoms with Gasteiger partial charge in [0.05, 0.1) is 26.4 Å². The minimum Gasteiger partial charge on any atom is -0.396 e. The third-order valence-corrected chi connectivity index (χ3v) is 2.63. The molecule has 0 aliphatic rings. The molecule has 0 spiro atoms. The van der Waals surface area contributed by atoms with Crippen molar-refractivity contribution in [1.82, 2.24) is 0 Å². The van der Waals surface area contributed by atoms with Crippen molar-refractivity contribution in [2.24, 2.45) is 5.41 Å². The topological polar surface area (TPSA) is 107 Å². The molecule has 0 heterocycles. The van der Waals surface area contributed by atoms with Crippen LogP contribution in [0.25, 0.3) is 0 Å². The van der Waals surface area contributed by atoms with E-state index in [9.17, 15) is 4.57 Å². The van der Waals surface area contributed by atoms with Crippen LogP contribution < -0.4 is 0 Å². The molecular weight excluding hydrogens is 211 g/mol. The van der Waals surface area contributed by atoms with Gasteiger partial charge in [-0.1, -0.05) is 0 Å². The molecule has 1 unspecified atom stereocenters. The molecule has 0 rings (SSSR count). The Bertz CT molecular complexity index is 188. The fraction of sp³-hybridized carbons (Fsp3) is 1.00. The van der Waals surface area contributed by atoms with Crippen LogP contribution in [0.1, 0.15) is 6.42 Å². The highest BCUT2D eigenvalue weighted by Gasteiger charge is 2.28. The molecule has 0 aliphatic heterocycles. The number of hydrogen-bond donors (Lipinski definition) is 4. The highest BCUT2D eigenvalue weighted by molar-refractivity contribution is 7.51. The van der Waals surface area contributed by atoms with Crippen molar-refractivity contribution in [2.75, 3.05) is 33.1 Å². The zero-order chi connectivity index (χ0) is 11.2. The van der Waals surface area contributed by atoms with Gasteiger partial charge in [-0.2, -0.15) is 0 Å². The second kappa shape index (κ2) is 5.80. The second-order valence-corrected chi connectivity index (χ2v) is 5.22. The van der Waals surface area contributed by atoms with Crippen molar-refractivity contribution in [3.63, 3.8) is 0 Å². The molecule has 0 fully saturated rings. The van der Waals surface area contributed by atoms with Crippen molar-refractivity contribution in [3.05, 3.63) is 0 Å². The first-order valence-electron chi connectivity index (χ1n) is 4.16. The highest BCUT2D eigenvalue weighted by Crippen LogP contribution is 2.37. The van der Waals surface area contributed by atoms with Gasteiger partial charge in [0, 0.05) is 12.1 Å². The Kier molecular flexibility index (Phi) is 5.81. The maximum Gasteiger partial charge on any atom is 0.325 e. The van der Waals surface area contributed by atoms with Gasteiger partial charge >= 0.3 is 7.60 Å². The van der Waals surface area contributed by atoms with Gasteiger partial charge in [0.2, 0.25) is 0 Å². The summed E-state index contributed by atoms with van der Waals surface area (Å²) in [6, 6.07) is 0. The Morgan fingerprint density at radius 3 is 1.93 bits per heavy atom. The monoisotopic (exact) mass is 228 g/mol. The number of hydrogen-bond acceptors (Lipinski definition) is 5. The van der Waals surface area contributed by atoms with Gasteiger partial charge < -0.3 is 24.7 Å². The summed E-state index contributed by atoms with van der Waals surface area (Å²) in [6.45, 7) is -0.244. The van der Waals surface area contributed by atoms with Crippen LogP contribution in [0.3, 0.4) is 0 Å². The zero-order valence-electron chi connectivity index (χ0n) is 8.09. The summed E-state index contributed by atoms with van der Waals surface area (Å²) in [5.74, 6) is 0. The van der Waals surface area contributed by atoms with Crippen LogP contribution in [0, 0.1) is 5.41 Å². The first kappa shape index (κ1) is 14.0. The normalized spacial score (nSPS) is 16.6. The predicted octanol–water partition coefficient (Wildman–Crippen LogP) is -0.828. The molecule has 6 nitrogen and oxygen atoms in total. The quantitative estimate of drug-likeness (QED) is 0.424. The van der Waals surface area contributed by atoms with E-state index in [-0.39, 0.29) is 13.0 Å². The summed E-state index contributed by atoms with van der Waals surface area (Å²) >= 11 is 0. The van der Waals surface area contributed by atoms with E-state index < -0.39 is 32.8 Å². The van der Waals surface area contributed by atoms with Gasteiger partial charge in [-0.05, 0) is 6.42 Å². The van der Waals surface area contributed by atoms with Crippen LogP contribution in [0.4, 0.5) is 0 Å². The third-order valence-electron chi connectivity index (χ3n) is 1.97. The van der Waals surface area contributed by atoms with Gasteiger partial charge in [0.25, 0.3) is 0 Å². The van der Waals surface area contributed by atoms with E-state index >= 15 is 0 Å². The summed E-state index contributed by atoms with van der Waals surface area (Å²) in [7, 11) is -3.53. The fourth-order valence-corrected chi connectivity index (χ4v) is 1.25. The summed E-state index contributed by atoms with van der Waals surface area (Å²) in [4.78, 5) is 8.78. The summed E-state index contributed by atoms with van der Waals surface area (Å²) in [6.07, 6.45) is 0.120. The van der Waals surface area contributed by atoms with Gasteiger partial charge in [-0.25, -0.2) is 0 Å². The fourth-order valence-electron chi connectivity index (χ4n) is 0.819. The molecule has 14 heavy (non-hydrogen) atoms. The lowest BCUT2D eigenvalue weighted by Crippen LogP contribution is -2.35. The molecule has 0 saturated heterocycles. The highest BCUT2D eigenvalue weighted by atomic mass is 31.2. The van der Waals surface area contributed by atoms with Crippen molar-refractivity contribution in [3.8, 4) is 0 Å². The van der Waals surface area contributed by atoms with Gasteiger partial charge in [0.1, 0.15) is 0 Å². The van der Waals surface area contributed by atoms with Gasteiger partial charge in [-0.15, -0.1) is 0 Å². The number of rotatable bonds is 7. The minimum atomic E-state index is -3.53. The average Bonchev–Trinajstić information content (AvgIpc) is 2.11. The molecule has 0 aromatic carbocycles. The molecule has 1 atom stereocenters. The Balaban J connectivity index is 4.01. The van der Waals surface area contributed by atoms with E-state index in [4.69, 9.17) is 20.2 Å². The van der Waals surface area contributed by atoms with E-state index in [1.165, 1.54) is 0 Å². The second-order valence-electron chi connectivity index (χ2n) is 3.36. The Morgan fingerprint density at radius 1 is 1.21 bits per heavy atom. The molecule has 0 radical (unpaired) electrons. The van der Waals surface area contributed by atoms with Crippen molar-refractivity contribution in [1.29, 1.82) is 0 Å². The SMILES string of the molecule is CP(=O)(O)OCCC(CO)(CO)CO. The van der Waals surface area contributed by atoms with E-state index in [0.29, 0.717) is 0 Å². The lowest BCUT2D eigenvalue weighted by atomic mass is 9.88. The Labute approximate surface area is 82.7 Å². The molecule has 0 saturated carbocycles. The minimum absolute atomic E-state index is 0.0913. The maximum atomic E-state index is 10.7. The molecule has 0 bridgehead atoms. The van der Waals surface area contributed by atoms with Crippen LogP contribution in [0.15, 0.2) is 0 Å². The summed E-state index contributed by atoms with van der Waals surface area (Å²) in [5, 5.41) is 26.7. The van der Waals surface area contributed by atoms with E-state index in [1.54, 1.807) is 0 Å². The molecule has 86 valence electrons. The molecule has 4 N–H and O–H groups in total. The van der Waals surface area contributed by atoms with Crippen molar-refractivity contribution >= 4 is 7.60 Å². The van der Waals surface area contributed by atoms with E-state index in [2.05, 4.69) is 4.52 Å². The predicted molar refractivity (Wildman–Crippen MR) is 50.0 cm³/mol. The average molecular weight is 228 g/mol. The first-order chi connectivity index (χ1) is 6.39. The summed E-state index contributed by atoms with van der Waals surface area (Å²) < 4.78 is 15.3. The molecule has 0 aromatic heterocycles. The molecule has 0 amide bonds. The zero-order valence-corrected chi connectivity index (χ0v) is 8.98. The van der Waals surface area contributed by atoms with E-state index in [1.807, 2.05) is 0 Å². The smallest absolute Gasteiger partial charge is 0.325 e. The number of aliphatic hydroxyl groups excluding tert-OH is 3. The van der Waals surface area contributed by atoms with Crippen LogP contribution in [0.5, 0.6) is 0 Å². The molecule has 7 heteroatoms. The van der Waals surface area contributed by atoms with Crippen molar-refractivity contribution < 1.29 is 29.3 Å². The lowest BCUT2D eigenvalue weighted by Gasteiger charge is -2.27. The first-order valence-corrected chi connectivity index (χ1v) is 6.19. The molecule has 0 aromatic rings. The van der Waals surface area contributed by atoms with Gasteiger partial charge in [0.15, 0.2) is 0 Å². The molecule has 0 aliphatic carbocycles. The van der Waals surface area contributed by atoms with E-state index in [0.717, 1.165) is 6.66 Å². The van der Waals surface area contributed by atoms with Crippen LogP contribution in [-0.2, 0) is 9.09 Å².